The number of fused-ring (bicyclic) bond motifs is 5. The highest BCUT2D eigenvalue weighted by molar-refractivity contribution is 6.26. The summed E-state index contributed by atoms with van der Waals surface area (Å²) in [6.45, 7) is 5.97. The standard InChI is InChI=1S/C34H45ClN2O13/c1-6-28(42)50-34(27(41)19-48-29(43)18-36(21(3)38)30(44)47-13-7-8-14-49-37(45)46)20(2)15-25-24-10-9-22-16-23(39)11-12-31(22,4)33(24,35)26(40)17-32(25,34)5/h11-12,16,20,24-26,40H,6-10,13-15,17-19H2,1-5H3/t20-,24-,25-,26-,31-,32-,33-,34-/m0/s1. The Kier molecular flexibility index (Phi) is 11.5. The number of amides is 2. The van der Waals surface area contributed by atoms with Crippen molar-refractivity contribution >= 4 is 47.1 Å². The zero-order chi connectivity index (χ0) is 37.2. The first-order valence-electron chi connectivity index (χ1n) is 16.8. The summed E-state index contributed by atoms with van der Waals surface area (Å²) >= 11 is 7.52. The molecule has 276 valence electrons. The number of allylic oxidation sites excluding steroid dienone is 4. The van der Waals surface area contributed by atoms with E-state index in [2.05, 4.69) is 4.84 Å². The molecule has 0 radical (unpaired) electrons. The van der Waals surface area contributed by atoms with Gasteiger partial charge in [-0.1, -0.05) is 39.3 Å². The zero-order valence-corrected chi connectivity index (χ0v) is 29.7. The summed E-state index contributed by atoms with van der Waals surface area (Å²) in [5.41, 5.74) is -2.94. The van der Waals surface area contributed by atoms with Crippen molar-refractivity contribution in [3.63, 3.8) is 0 Å². The van der Waals surface area contributed by atoms with Gasteiger partial charge in [-0.2, -0.15) is 0 Å². The van der Waals surface area contributed by atoms with Gasteiger partial charge in [0.15, 0.2) is 18.0 Å². The average molecular weight is 725 g/mol. The highest BCUT2D eigenvalue weighted by Crippen LogP contribution is 2.72. The molecule has 0 aliphatic heterocycles. The number of imide groups is 1. The number of aliphatic hydroxyl groups is 1. The number of nitrogens with zero attached hydrogens (tertiary/aromatic N) is 2. The molecule has 1 N–H and O–H groups in total. The van der Waals surface area contributed by atoms with Crippen molar-refractivity contribution in [2.75, 3.05) is 26.4 Å². The quantitative estimate of drug-likeness (QED) is 0.0720. The first-order chi connectivity index (χ1) is 23.4. The molecule has 16 heteroatoms. The van der Waals surface area contributed by atoms with E-state index in [-0.39, 0.29) is 56.5 Å². The molecule has 8 atom stereocenters. The number of esters is 2. The predicted octanol–water partition coefficient (Wildman–Crippen LogP) is 3.65. The van der Waals surface area contributed by atoms with Crippen molar-refractivity contribution in [1.29, 1.82) is 0 Å². The van der Waals surface area contributed by atoms with Crippen LogP contribution in [0.1, 0.15) is 79.6 Å². The van der Waals surface area contributed by atoms with Crippen molar-refractivity contribution in [3.8, 4) is 0 Å². The summed E-state index contributed by atoms with van der Waals surface area (Å²) in [5.74, 6) is -4.66. The number of aliphatic hydroxyl groups excluding tert-OH is 1. The normalized spacial score (nSPS) is 33.9. The molecule has 2 amide bonds. The van der Waals surface area contributed by atoms with Gasteiger partial charge in [0.1, 0.15) is 6.54 Å². The van der Waals surface area contributed by atoms with Crippen LogP contribution in [0.2, 0.25) is 0 Å². The van der Waals surface area contributed by atoms with Crippen molar-refractivity contribution in [3.05, 3.63) is 33.9 Å². The maximum atomic E-state index is 14.3. The first kappa shape index (κ1) is 38.9. The summed E-state index contributed by atoms with van der Waals surface area (Å²) in [4.78, 5) is 90.8. The van der Waals surface area contributed by atoms with Crippen LogP contribution >= 0.6 is 11.6 Å². The number of hydrogen-bond acceptors (Lipinski definition) is 13. The Bertz CT molecular complexity index is 1500. The second-order valence-electron chi connectivity index (χ2n) is 14.0. The summed E-state index contributed by atoms with van der Waals surface area (Å²) in [5, 5.41) is 21.2. The number of rotatable bonds is 13. The molecule has 4 aliphatic rings. The lowest BCUT2D eigenvalue weighted by molar-refractivity contribution is -0.757. The Hall–Kier alpha value is -3.85. The topological polar surface area (TPSA) is 206 Å². The van der Waals surface area contributed by atoms with Gasteiger partial charge in [0.05, 0.1) is 24.2 Å². The largest absolute Gasteiger partial charge is 0.456 e. The highest BCUT2D eigenvalue weighted by Gasteiger charge is 2.76. The van der Waals surface area contributed by atoms with Crippen molar-refractivity contribution in [2.24, 2.45) is 28.6 Å². The van der Waals surface area contributed by atoms with Crippen LogP contribution in [0, 0.1) is 38.7 Å². The van der Waals surface area contributed by atoms with Gasteiger partial charge in [-0.25, -0.2) is 9.69 Å². The lowest BCUT2D eigenvalue weighted by Crippen LogP contribution is -2.69. The van der Waals surface area contributed by atoms with E-state index in [0.29, 0.717) is 24.2 Å². The minimum Gasteiger partial charge on any atom is -0.456 e. The van der Waals surface area contributed by atoms with Gasteiger partial charge in [-0.15, -0.1) is 21.7 Å². The monoisotopic (exact) mass is 724 g/mol. The zero-order valence-electron chi connectivity index (χ0n) is 28.9. The summed E-state index contributed by atoms with van der Waals surface area (Å²) in [6, 6.07) is 0. The van der Waals surface area contributed by atoms with Crippen molar-refractivity contribution in [2.45, 2.75) is 96.1 Å². The maximum Gasteiger partial charge on any atom is 0.417 e. The molecule has 0 heterocycles. The van der Waals surface area contributed by atoms with Crippen LogP contribution in [0.15, 0.2) is 23.8 Å². The van der Waals surface area contributed by atoms with Crippen LogP contribution in [-0.4, -0.2) is 93.5 Å². The molecular weight excluding hydrogens is 680 g/mol. The number of ether oxygens (including phenoxy) is 3. The van der Waals surface area contributed by atoms with E-state index in [9.17, 15) is 44.0 Å². The van der Waals surface area contributed by atoms with E-state index in [4.69, 9.17) is 25.8 Å². The number of carbonyl (C=O) groups is 6. The van der Waals surface area contributed by atoms with Crippen LogP contribution in [0.4, 0.5) is 4.79 Å². The minimum atomic E-state index is -1.81. The average Bonchev–Trinajstić information content (AvgIpc) is 3.26. The van der Waals surface area contributed by atoms with Gasteiger partial charge in [-0.3, -0.25) is 24.0 Å². The number of alkyl halides is 1. The minimum absolute atomic E-state index is 0.0224. The third kappa shape index (κ3) is 6.65. The molecule has 50 heavy (non-hydrogen) atoms. The molecule has 4 aliphatic carbocycles. The molecule has 0 aromatic heterocycles. The number of carbonyl (C=O) groups excluding carboxylic acids is 6. The predicted molar refractivity (Wildman–Crippen MR) is 174 cm³/mol. The van der Waals surface area contributed by atoms with Crippen molar-refractivity contribution < 1.29 is 58.0 Å². The Labute approximate surface area is 294 Å². The summed E-state index contributed by atoms with van der Waals surface area (Å²) < 4.78 is 16.4. The molecule has 4 rings (SSSR count). The molecule has 0 aromatic carbocycles. The second-order valence-corrected chi connectivity index (χ2v) is 14.7. The summed E-state index contributed by atoms with van der Waals surface area (Å²) in [6.07, 6.45) is 4.28. The van der Waals surface area contributed by atoms with Gasteiger partial charge >= 0.3 is 18.0 Å². The Morgan fingerprint density at radius 3 is 2.42 bits per heavy atom. The molecule has 0 spiro atoms. The van der Waals surface area contributed by atoms with Gasteiger partial charge in [-0.05, 0) is 62.5 Å². The van der Waals surface area contributed by atoms with Crippen LogP contribution < -0.4 is 0 Å². The van der Waals surface area contributed by atoms with E-state index in [1.54, 1.807) is 32.9 Å². The third-order valence-corrected chi connectivity index (χ3v) is 12.3. The van der Waals surface area contributed by atoms with Crippen LogP contribution in [0.3, 0.4) is 0 Å². The van der Waals surface area contributed by atoms with Crippen LogP contribution in [0.5, 0.6) is 0 Å². The number of Topliss-reactive ketones (excluding diaryl/α,β-unsaturated/α-hetero) is 1. The van der Waals surface area contributed by atoms with E-state index in [1.807, 2.05) is 6.92 Å². The lowest BCUT2D eigenvalue weighted by atomic mass is 9.45. The van der Waals surface area contributed by atoms with E-state index < -0.39 is 81.3 Å². The SMILES string of the molecule is CCC(=O)O[C@]1(C(=O)COC(=O)CN(C(C)=O)C(=O)OCCCCO[N+](=O)[O-])[C@@H](C)C[C@H]2[C@@H]3CCC4=CC(=O)C=C[C@]4(C)[C@@]3(Cl)[C@@H](O)C[C@@]21C. The molecule has 0 bridgehead atoms. The Morgan fingerprint density at radius 2 is 1.78 bits per heavy atom. The van der Waals surface area contributed by atoms with E-state index >= 15 is 0 Å². The number of halogens is 1. The fourth-order valence-corrected chi connectivity index (χ4v) is 9.49. The smallest absolute Gasteiger partial charge is 0.417 e. The number of unbranched alkanes of at least 4 members (excludes halogenated alkanes) is 1. The van der Waals surface area contributed by atoms with Crippen LogP contribution in [-0.2, 0) is 43.0 Å². The molecule has 0 aromatic rings. The van der Waals surface area contributed by atoms with Gasteiger partial charge in [0.2, 0.25) is 11.7 Å². The molecule has 3 saturated carbocycles. The third-order valence-electron chi connectivity index (χ3n) is 11.4. The fraction of sp³-hybridized carbons (Fsp3) is 0.706. The lowest BCUT2D eigenvalue weighted by Gasteiger charge is -2.64. The molecule has 3 fully saturated rings. The van der Waals surface area contributed by atoms with Crippen molar-refractivity contribution in [1.82, 2.24) is 4.90 Å². The summed E-state index contributed by atoms with van der Waals surface area (Å²) in [7, 11) is 0. The van der Waals surface area contributed by atoms with Gasteiger partial charge in [0, 0.05) is 30.1 Å². The van der Waals surface area contributed by atoms with Gasteiger partial charge in [0.25, 0.3) is 5.09 Å². The van der Waals surface area contributed by atoms with Gasteiger partial charge < -0.3 is 24.2 Å². The number of hydrogen-bond donors (Lipinski definition) is 1. The first-order valence-corrected chi connectivity index (χ1v) is 17.2. The van der Waals surface area contributed by atoms with E-state index in [1.165, 1.54) is 6.08 Å². The highest BCUT2D eigenvalue weighted by atomic mass is 35.5. The Morgan fingerprint density at radius 1 is 1.10 bits per heavy atom. The number of ketones is 2. The molecule has 0 unspecified atom stereocenters. The Balaban J connectivity index is 1.52. The molecular formula is C34H45ClN2O13. The molecule has 0 saturated heterocycles. The van der Waals surface area contributed by atoms with E-state index in [0.717, 1.165) is 12.5 Å². The van der Waals surface area contributed by atoms with Crippen LogP contribution in [0.25, 0.3) is 0 Å². The fourth-order valence-electron chi connectivity index (χ4n) is 8.96. The maximum absolute atomic E-state index is 14.3. The molecule has 15 nitrogen and oxygen atoms in total. The second kappa shape index (κ2) is 14.8.